The van der Waals surface area contributed by atoms with E-state index in [2.05, 4.69) is 127 Å². The minimum Gasteiger partial charge on any atom is -0.472 e. The van der Waals surface area contributed by atoms with Crippen molar-refractivity contribution in [3.05, 3.63) is 142 Å². The lowest BCUT2D eigenvalue weighted by atomic mass is 9.76. The van der Waals surface area contributed by atoms with Crippen molar-refractivity contribution in [1.82, 2.24) is 0 Å². The van der Waals surface area contributed by atoms with Crippen molar-refractivity contribution in [2.45, 2.75) is 24.9 Å². The van der Waals surface area contributed by atoms with Gasteiger partial charge in [-0.15, -0.1) is 0 Å². The molecule has 0 amide bonds. The van der Waals surface area contributed by atoms with Crippen LogP contribution in [-0.2, 0) is 15.8 Å². The fourth-order valence-corrected chi connectivity index (χ4v) is 7.40. The van der Waals surface area contributed by atoms with Gasteiger partial charge in [0.25, 0.3) is 0 Å². The third kappa shape index (κ3) is 3.78. The van der Waals surface area contributed by atoms with Gasteiger partial charge in [-0.1, -0.05) is 105 Å². The van der Waals surface area contributed by atoms with E-state index in [-0.39, 0.29) is 5.41 Å². The SMILES string of the molecule is [C-]#[N+]c1ccc2c(c1)C(C)(C)c1c3c(c4ccccc4c1-2)OC(c1ccccc1)(c1ccc(N2CCOCC2)cc1)C=C3. The molecule has 0 N–H and O–H groups in total. The minimum absolute atomic E-state index is 0.292. The van der Waals surface area contributed by atoms with Crippen LogP contribution in [0.2, 0.25) is 0 Å². The zero-order valence-electron chi connectivity index (χ0n) is 24.4. The van der Waals surface area contributed by atoms with Crippen molar-refractivity contribution in [3.63, 3.8) is 0 Å². The molecule has 2 heterocycles. The number of nitrogens with zero attached hydrogens (tertiary/aromatic N) is 2. The predicted molar refractivity (Wildman–Crippen MR) is 174 cm³/mol. The molecule has 43 heavy (non-hydrogen) atoms. The fourth-order valence-electron chi connectivity index (χ4n) is 7.40. The topological polar surface area (TPSA) is 26.1 Å². The molecule has 3 aliphatic rings. The number of hydrogen-bond acceptors (Lipinski definition) is 3. The van der Waals surface area contributed by atoms with Crippen LogP contribution in [0.25, 0.3) is 32.8 Å². The molecular weight excluding hydrogens is 528 g/mol. The molecule has 0 aromatic heterocycles. The van der Waals surface area contributed by atoms with E-state index in [1.165, 1.54) is 33.3 Å². The van der Waals surface area contributed by atoms with Gasteiger partial charge in [0, 0.05) is 46.3 Å². The first-order valence-corrected chi connectivity index (χ1v) is 15.0. The van der Waals surface area contributed by atoms with Gasteiger partial charge < -0.3 is 14.4 Å². The smallest absolute Gasteiger partial charge is 0.187 e. The van der Waals surface area contributed by atoms with E-state index in [0.29, 0.717) is 5.69 Å². The summed E-state index contributed by atoms with van der Waals surface area (Å²) in [5.41, 5.74) is 9.01. The van der Waals surface area contributed by atoms with Gasteiger partial charge in [0.15, 0.2) is 11.3 Å². The Morgan fingerprint density at radius 3 is 2.23 bits per heavy atom. The van der Waals surface area contributed by atoms with Crippen LogP contribution in [0.3, 0.4) is 0 Å². The van der Waals surface area contributed by atoms with E-state index in [4.69, 9.17) is 16.0 Å². The molecule has 8 rings (SSSR count). The number of benzene rings is 5. The van der Waals surface area contributed by atoms with Crippen LogP contribution in [0.15, 0.2) is 103 Å². The quantitative estimate of drug-likeness (QED) is 0.206. The van der Waals surface area contributed by atoms with Crippen LogP contribution >= 0.6 is 0 Å². The van der Waals surface area contributed by atoms with Gasteiger partial charge in [0.1, 0.15) is 5.75 Å². The van der Waals surface area contributed by atoms with Gasteiger partial charge in [-0.05, 0) is 45.8 Å². The van der Waals surface area contributed by atoms with Crippen molar-refractivity contribution in [3.8, 4) is 16.9 Å². The highest BCUT2D eigenvalue weighted by atomic mass is 16.5. The number of fused-ring (bicyclic) bond motifs is 8. The Bertz CT molecular complexity index is 1960. The summed E-state index contributed by atoms with van der Waals surface area (Å²) in [6, 6.07) is 34.2. The Balaban J connectivity index is 1.35. The third-order valence-corrected chi connectivity index (χ3v) is 9.53. The first kappa shape index (κ1) is 25.8. The molecule has 0 spiro atoms. The summed E-state index contributed by atoms with van der Waals surface area (Å²) in [6.07, 6.45) is 4.53. The maximum Gasteiger partial charge on any atom is 0.187 e. The lowest BCUT2D eigenvalue weighted by Crippen LogP contribution is -2.37. The number of hydrogen-bond donors (Lipinski definition) is 0. The molecule has 1 unspecified atom stereocenters. The lowest BCUT2D eigenvalue weighted by molar-refractivity contribution is 0.122. The maximum atomic E-state index is 7.64. The van der Waals surface area contributed by atoms with E-state index < -0.39 is 5.60 Å². The van der Waals surface area contributed by atoms with Crippen LogP contribution in [0.1, 0.15) is 41.7 Å². The molecule has 4 heteroatoms. The highest BCUT2D eigenvalue weighted by Crippen LogP contribution is 2.58. The Morgan fingerprint density at radius 2 is 1.49 bits per heavy atom. The number of ether oxygens (including phenoxy) is 2. The van der Waals surface area contributed by atoms with E-state index in [0.717, 1.165) is 54.1 Å². The largest absolute Gasteiger partial charge is 0.472 e. The summed E-state index contributed by atoms with van der Waals surface area (Å²) in [4.78, 5) is 6.13. The summed E-state index contributed by atoms with van der Waals surface area (Å²) in [7, 11) is 0. The van der Waals surface area contributed by atoms with E-state index in [1.807, 2.05) is 6.07 Å². The van der Waals surface area contributed by atoms with Gasteiger partial charge in [-0.3, -0.25) is 0 Å². The van der Waals surface area contributed by atoms with Gasteiger partial charge in [0.2, 0.25) is 0 Å². The second-order valence-electron chi connectivity index (χ2n) is 12.2. The van der Waals surface area contributed by atoms with Crippen LogP contribution in [0.5, 0.6) is 5.75 Å². The molecule has 1 aliphatic carbocycles. The average Bonchev–Trinajstić information content (AvgIpc) is 3.31. The molecule has 1 saturated heterocycles. The van der Waals surface area contributed by atoms with Gasteiger partial charge in [-0.2, -0.15) is 0 Å². The van der Waals surface area contributed by atoms with Crippen molar-refractivity contribution in [2.24, 2.45) is 0 Å². The Morgan fingerprint density at radius 1 is 0.791 bits per heavy atom. The summed E-state index contributed by atoms with van der Waals surface area (Å²) in [6.45, 7) is 15.5. The average molecular weight is 561 g/mol. The molecule has 0 radical (unpaired) electrons. The maximum absolute atomic E-state index is 7.64. The van der Waals surface area contributed by atoms with Gasteiger partial charge in [-0.25, -0.2) is 4.85 Å². The van der Waals surface area contributed by atoms with Crippen LogP contribution in [0, 0.1) is 6.57 Å². The molecule has 2 aliphatic heterocycles. The first-order valence-electron chi connectivity index (χ1n) is 15.0. The Kier molecular flexibility index (Phi) is 5.76. The highest BCUT2D eigenvalue weighted by molar-refractivity contribution is 6.08. The molecule has 0 saturated carbocycles. The standard InChI is InChI=1S/C39H32N2O2/c1-38(2)34-25-28(40-3)15-18-32(34)35-30-11-7-8-12-31(30)37-33(36(35)38)19-20-39(43-37,26-9-5-4-6-10-26)27-13-16-29(17-14-27)41-21-23-42-24-22-41/h4-20,25H,21-24H2,1-2H3. The third-order valence-electron chi connectivity index (χ3n) is 9.53. The molecule has 1 fully saturated rings. The molecule has 4 nitrogen and oxygen atoms in total. The summed E-state index contributed by atoms with van der Waals surface area (Å²) in [5.74, 6) is 0.907. The van der Waals surface area contributed by atoms with Crippen molar-refractivity contribution >= 4 is 28.2 Å². The molecule has 210 valence electrons. The number of anilines is 1. The molecule has 1 atom stereocenters. The molecule has 5 aromatic rings. The van der Waals surface area contributed by atoms with E-state index in [1.54, 1.807) is 0 Å². The molecule has 5 aromatic carbocycles. The Hall–Kier alpha value is -4.85. The molecule has 0 bridgehead atoms. The highest BCUT2D eigenvalue weighted by Gasteiger charge is 2.44. The van der Waals surface area contributed by atoms with Gasteiger partial charge in [0.05, 0.1) is 19.8 Å². The summed E-state index contributed by atoms with van der Waals surface area (Å²) < 4.78 is 13.0. The van der Waals surface area contributed by atoms with Crippen molar-refractivity contribution < 1.29 is 9.47 Å². The van der Waals surface area contributed by atoms with Crippen LogP contribution in [0.4, 0.5) is 11.4 Å². The number of morpholine rings is 1. The first-order chi connectivity index (χ1) is 21.0. The van der Waals surface area contributed by atoms with E-state index in [9.17, 15) is 0 Å². The van der Waals surface area contributed by atoms with Crippen molar-refractivity contribution in [1.29, 1.82) is 0 Å². The molecular formula is C39H32N2O2. The Labute approximate surface area is 252 Å². The monoisotopic (exact) mass is 560 g/mol. The minimum atomic E-state index is -0.790. The second-order valence-corrected chi connectivity index (χ2v) is 12.2. The lowest BCUT2D eigenvalue weighted by Gasteiger charge is -2.38. The predicted octanol–water partition coefficient (Wildman–Crippen LogP) is 8.88. The summed E-state index contributed by atoms with van der Waals surface area (Å²) >= 11 is 0. The van der Waals surface area contributed by atoms with E-state index >= 15 is 0 Å². The van der Waals surface area contributed by atoms with Crippen LogP contribution in [-0.4, -0.2) is 26.3 Å². The normalized spacial score (nSPS) is 19.7. The fraction of sp³-hybridized carbons (Fsp3) is 0.205. The second kappa shape index (κ2) is 9.59. The number of rotatable bonds is 3. The van der Waals surface area contributed by atoms with Gasteiger partial charge >= 0.3 is 0 Å². The van der Waals surface area contributed by atoms with Crippen molar-refractivity contribution in [2.75, 3.05) is 31.2 Å². The zero-order valence-corrected chi connectivity index (χ0v) is 24.4. The summed E-state index contributed by atoms with van der Waals surface area (Å²) in [5, 5.41) is 2.28. The van der Waals surface area contributed by atoms with Crippen LogP contribution < -0.4 is 9.64 Å². The zero-order chi connectivity index (χ0) is 29.2.